The number of hydrogen-bond donors (Lipinski definition) is 3. The molecule has 0 spiro atoms. The van der Waals surface area contributed by atoms with E-state index in [2.05, 4.69) is 25.9 Å². The number of rotatable bonds is 7. The number of anilines is 4. The first-order valence-corrected chi connectivity index (χ1v) is 13.0. The van der Waals surface area contributed by atoms with Gasteiger partial charge in [-0.05, 0) is 54.6 Å². The van der Waals surface area contributed by atoms with Gasteiger partial charge < -0.3 is 34.9 Å². The van der Waals surface area contributed by atoms with Crippen molar-refractivity contribution in [2.75, 3.05) is 36.3 Å². The molecule has 0 aliphatic carbocycles. The molecule has 1 aromatic heterocycles. The summed E-state index contributed by atoms with van der Waals surface area (Å²) in [4.78, 5) is 21.4. The molecule has 0 radical (unpaired) electrons. The molecular formula is C30H24ClN5O5. The maximum absolute atomic E-state index is 12.6. The average molecular weight is 570 g/mol. The van der Waals surface area contributed by atoms with Crippen molar-refractivity contribution in [2.24, 2.45) is 0 Å². The van der Waals surface area contributed by atoms with Crippen LogP contribution in [0.25, 0.3) is 10.9 Å². The summed E-state index contributed by atoms with van der Waals surface area (Å²) in [5.74, 6) is 3.44. The summed E-state index contributed by atoms with van der Waals surface area (Å²) in [6, 6.07) is 23.0. The highest BCUT2D eigenvalue weighted by Gasteiger charge is 2.24. The molecule has 2 amide bonds. The Balaban J connectivity index is 1.14. The van der Waals surface area contributed by atoms with Gasteiger partial charge in [0.2, 0.25) is 5.75 Å². The number of para-hydroxylation sites is 1. The van der Waals surface area contributed by atoms with Crippen molar-refractivity contribution in [2.45, 2.75) is 0 Å². The van der Waals surface area contributed by atoms with Gasteiger partial charge in [0.05, 0.1) is 28.7 Å². The Morgan fingerprint density at radius 2 is 1.59 bits per heavy atom. The largest absolute Gasteiger partial charge is 0.493 e. The third kappa shape index (κ3) is 5.73. The molecule has 0 fully saturated rings. The van der Waals surface area contributed by atoms with E-state index in [1.54, 1.807) is 55.6 Å². The Labute approximate surface area is 240 Å². The molecule has 0 saturated carbocycles. The van der Waals surface area contributed by atoms with Crippen LogP contribution in [-0.4, -0.2) is 36.3 Å². The van der Waals surface area contributed by atoms with Crippen LogP contribution in [0, 0.1) is 0 Å². The normalized spacial score (nSPS) is 12.0. The van der Waals surface area contributed by atoms with Crippen LogP contribution in [-0.2, 0) is 0 Å². The quantitative estimate of drug-likeness (QED) is 0.188. The number of fused-ring (bicyclic) bond motifs is 3. The van der Waals surface area contributed by atoms with E-state index in [1.165, 1.54) is 6.33 Å². The molecule has 206 valence electrons. The Hall–Kier alpha value is -5.22. The molecule has 4 aromatic carbocycles. The molecule has 0 bridgehead atoms. The molecule has 1 aliphatic heterocycles. The lowest BCUT2D eigenvalue weighted by molar-refractivity contribution is 0.167. The summed E-state index contributed by atoms with van der Waals surface area (Å²) in [5, 5.41) is 9.81. The fourth-order valence-electron chi connectivity index (χ4n) is 4.30. The van der Waals surface area contributed by atoms with Crippen LogP contribution in [0.4, 0.5) is 27.7 Å². The summed E-state index contributed by atoms with van der Waals surface area (Å²) >= 11 is 6.52. The van der Waals surface area contributed by atoms with Crippen LogP contribution in [0.1, 0.15) is 0 Å². The number of urea groups is 1. The standard InChI is InChI=1S/C30H24ClN5O5/c1-38-25-16-24-26(28-27(25)39-13-14-40-28)29(33-17-32-24)34-19-9-12-23(22(31)15-19)36-30(37)35-18-7-10-21(11-8-18)41-20-5-3-2-4-6-20/h2-12,15-17H,13-14H2,1H3,(H,32,33,34)(H2,35,36,37). The van der Waals surface area contributed by atoms with E-state index in [4.69, 9.17) is 30.5 Å². The molecule has 2 heterocycles. The summed E-state index contributed by atoms with van der Waals surface area (Å²) < 4.78 is 23.0. The number of halogens is 1. The minimum Gasteiger partial charge on any atom is -0.493 e. The molecular weight excluding hydrogens is 546 g/mol. The Morgan fingerprint density at radius 1 is 0.854 bits per heavy atom. The predicted molar refractivity (Wildman–Crippen MR) is 157 cm³/mol. The Bertz CT molecular complexity index is 1720. The van der Waals surface area contributed by atoms with Crippen molar-refractivity contribution in [1.29, 1.82) is 0 Å². The summed E-state index contributed by atoms with van der Waals surface area (Å²) in [6.45, 7) is 0.806. The third-order valence-electron chi connectivity index (χ3n) is 6.17. The van der Waals surface area contributed by atoms with E-state index in [0.29, 0.717) is 75.0 Å². The van der Waals surface area contributed by atoms with E-state index in [0.717, 1.165) is 5.75 Å². The van der Waals surface area contributed by atoms with Crippen LogP contribution in [0.15, 0.2) is 85.2 Å². The molecule has 5 aromatic rings. The van der Waals surface area contributed by atoms with Crippen molar-refractivity contribution in [3.63, 3.8) is 0 Å². The summed E-state index contributed by atoms with van der Waals surface area (Å²) in [5.41, 5.74) is 2.31. The molecule has 41 heavy (non-hydrogen) atoms. The number of nitrogens with zero attached hydrogens (tertiary/aromatic N) is 2. The van der Waals surface area contributed by atoms with Gasteiger partial charge in [0.1, 0.15) is 36.9 Å². The lowest BCUT2D eigenvalue weighted by Crippen LogP contribution is -2.19. The number of nitrogens with one attached hydrogen (secondary N) is 3. The van der Waals surface area contributed by atoms with Crippen LogP contribution in [0.2, 0.25) is 5.02 Å². The monoisotopic (exact) mass is 569 g/mol. The third-order valence-corrected chi connectivity index (χ3v) is 6.48. The van der Waals surface area contributed by atoms with Crippen molar-refractivity contribution in [3.8, 4) is 28.7 Å². The first kappa shape index (κ1) is 26.0. The van der Waals surface area contributed by atoms with Crippen molar-refractivity contribution in [1.82, 2.24) is 9.97 Å². The van der Waals surface area contributed by atoms with Gasteiger partial charge in [-0.25, -0.2) is 14.8 Å². The molecule has 3 N–H and O–H groups in total. The van der Waals surface area contributed by atoms with E-state index >= 15 is 0 Å². The SMILES string of the molecule is COc1cc2ncnc(Nc3ccc(NC(=O)Nc4ccc(Oc5ccccc5)cc4)c(Cl)c3)c2c2c1OCCO2. The molecule has 10 nitrogen and oxygen atoms in total. The molecule has 0 unspecified atom stereocenters. The van der Waals surface area contributed by atoms with Gasteiger partial charge in [0.25, 0.3) is 0 Å². The van der Waals surface area contributed by atoms with Gasteiger partial charge in [-0.15, -0.1) is 0 Å². The number of methoxy groups -OCH3 is 1. The fraction of sp³-hybridized carbons (Fsp3) is 0.100. The molecule has 11 heteroatoms. The average Bonchev–Trinajstić information content (AvgIpc) is 2.99. The number of amides is 2. The van der Waals surface area contributed by atoms with Crippen LogP contribution in [0.3, 0.4) is 0 Å². The Morgan fingerprint density at radius 3 is 2.34 bits per heavy atom. The highest BCUT2D eigenvalue weighted by atomic mass is 35.5. The van der Waals surface area contributed by atoms with Gasteiger partial charge >= 0.3 is 6.03 Å². The van der Waals surface area contributed by atoms with Crippen LogP contribution in [0.5, 0.6) is 28.7 Å². The second-order valence-electron chi connectivity index (χ2n) is 8.89. The topological polar surface area (TPSA) is 116 Å². The zero-order chi connectivity index (χ0) is 28.2. The van der Waals surface area contributed by atoms with E-state index in [-0.39, 0.29) is 0 Å². The smallest absolute Gasteiger partial charge is 0.323 e. The highest BCUT2D eigenvalue weighted by molar-refractivity contribution is 6.34. The summed E-state index contributed by atoms with van der Waals surface area (Å²) in [7, 11) is 1.56. The number of ether oxygens (including phenoxy) is 4. The van der Waals surface area contributed by atoms with Gasteiger partial charge in [-0.1, -0.05) is 29.8 Å². The molecule has 0 saturated heterocycles. The van der Waals surface area contributed by atoms with Gasteiger partial charge in [0.15, 0.2) is 11.5 Å². The van der Waals surface area contributed by atoms with Gasteiger partial charge in [0, 0.05) is 17.4 Å². The van der Waals surface area contributed by atoms with E-state index in [1.807, 2.05) is 30.3 Å². The van der Waals surface area contributed by atoms with Gasteiger partial charge in [-0.3, -0.25) is 0 Å². The first-order chi connectivity index (χ1) is 20.1. The Kier molecular flexibility index (Phi) is 7.29. The maximum atomic E-state index is 12.6. The minimum atomic E-state index is -0.441. The highest BCUT2D eigenvalue weighted by Crippen LogP contribution is 2.47. The fourth-order valence-corrected chi connectivity index (χ4v) is 4.53. The number of carbonyl (C=O) groups is 1. The lowest BCUT2D eigenvalue weighted by atomic mass is 10.1. The lowest BCUT2D eigenvalue weighted by Gasteiger charge is -2.23. The van der Waals surface area contributed by atoms with Crippen molar-refractivity contribution >= 4 is 51.4 Å². The van der Waals surface area contributed by atoms with E-state index in [9.17, 15) is 4.79 Å². The van der Waals surface area contributed by atoms with E-state index < -0.39 is 6.03 Å². The second-order valence-corrected chi connectivity index (χ2v) is 9.30. The second kappa shape index (κ2) is 11.5. The zero-order valence-electron chi connectivity index (χ0n) is 21.8. The summed E-state index contributed by atoms with van der Waals surface area (Å²) in [6.07, 6.45) is 1.45. The maximum Gasteiger partial charge on any atom is 0.323 e. The number of carbonyl (C=O) groups excluding carboxylic acids is 1. The minimum absolute atomic E-state index is 0.332. The predicted octanol–water partition coefficient (Wildman–Crippen LogP) is 7.24. The number of benzene rings is 4. The van der Waals surface area contributed by atoms with Gasteiger partial charge in [-0.2, -0.15) is 0 Å². The van der Waals surface area contributed by atoms with Crippen LogP contribution < -0.4 is 34.9 Å². The number of aromatic nitrogens is 2. The molecule has 6 rings (SSSR count). The molecule has 1 aliphatic rings. The van der Waals surface area contributed by atoms with Crippen molar-refractivity contribution in [3.05, 3.63) is 90.2 Å². The van der Waals surface area contributed by atoms with Crippen LogP contribution >= 0.6 is 11.6 Å². The molecule has 0 atom stereocenters. The zero-order valence-corrected chi connectivity index (χ0v) is 22.6. The number of hydrogen-bond acceptors (Lipinski definition) is 8. The first-order valence-electron chi connectivity index (χ1n) is 12.7. The van der Waals surface area contributed by atoms with Crippen molar-refractivity contribution < 1.29 is 23.7 Å².